The van der Waals surface area contributed by atoms with E-state index in [1.807, 2.05) is 24.3 Å². The van der Waals surface area contributed by atoms with E-state index in [0.717, 1.165) is 11.3 Å². The molecule has 0 saturated carbocycles. The van der Waals surface area contributed by atoms with Crippen molar-refractivity contribution < 1.29 is 19.1 Å². The Labute approximate surface area is 179 Å². The Kier molecular flexibility index (Phi) is 7.13. The quantitative estimate of drug-likeness (QED) is 0.682. The first-order valence-corrected chi connectivity index (χ1v) is 9.88. The van der Waals surface area contributed by atoms with E-state index in [1.54, 1.807) is 29.2 Å². The maximum atomic E-state index is 12.4. The molecule has 1 aliphatic rings. The average Bonchev–Trinajstić information content (AvgIpc) is 2.76. The minimum atomic E-state index is -0.620. The fourth-order valence-electron chi connectivity index (χ4n) is 3.14. The van der Waals surface area contributed by atoms with Gasteiger partial charge in [0.25, 0.3) is 5.91 Å². The van der Waals surface area contributed by atoms with Crippen LogP contribution in [0.15, 0.2) is 48.5 Å². The average molecular weight is 431 g/mol. The van der Waals surface area contributed by atoms with E-state index in [2.05, 4.69) is 10.2 Å². The highest BCUT2D eigenvalue weighted by Crippen LogP contribution is 2.20. The summed E-state index contributed by atoms with van der Waals surface area (Å²) in [6, 6.07) is 13.5. The number of amides is 3. The molecule has 3 N–H and O–H groups in total. The topological polar surface area (TPSA) is 105 Å². The Balaban J connectivity index is 1.44. The lowest BCUT2D eigenvalue weighted by Gasteiger charge is -2.36. The SMILES string of the molecule is NC(=O)NCc1ccc(C(=O)OCC(=O)N2CCN(c3cccc(Cl)c3)CC2)cc1. The summed E-state index contributed by atoms with van der Waals surface area (Å²) >= 11 is 6.04. The molecule has 0 aromatic heterocycles. The molecule has 1 saturated heterocycles. The molecule has 30 heavy (non-hydrogen) atoms. The number of anilines is 1. The molecule has 8 nitrogen and oxygen atoms in total. The number of rotatable bonds is 6. The molecule has 3 amide bonds. The van der Waals surface area contributed by atoms with E-state index < -0.39 is 12.0 Å². The van der Waals surface area contributed by atoms with E-state index >= 15 is 0 Å². The van der Waals surface area contributed by atoms with Crippen LogP contribution in [0.1, 0.15) is 15.9 Å². The Morgan fingerprint density at radius 3 is 2.37 bits per heavy atom. The number of hydrogen-bond acceptors (Lipinski definition) is 5. The molecule has 2 aromatic rings. The molecule has 1 fully saturated rings. The predicted octanol–water partition coefficient (Wildman–Crippen LogP) is 2.01. The Hall–Kier alpha value is -3.26. The van der Waals surface area contributed by atoms with E-state index in [-0.39, 0.29) is 19.1 Å². The number of nitrogens with one attached hydrogen (secondary N) is 1. The number of carbonyl (C=O) groups excluding carboxylic acids is 3. The van der Waals surface area contributed by atoms with Crippen molar-refractivity contribution in [2.24, 2.45) is 5.73 Å². The number of esters is 1. The van der Waals surface area contributed by atoms with Crippen LogP contribution in [0.3, 0.4) is 0 Å². The van der Waals surface area contributed by atoms with Crippen LogP contribution in [-0.2, 0) is 16.1 Å². The first-order chi connectivity index (χ1) is 14.4. The second-order valence-electron chi connectivity index (χ2n) is 6.84. The first kappa shape index (κ1) is 21.4. The van der Waals surface area contributed by atoms with Gasteiger partial charge in [-0.3, -0.25) is 4.79 Å². The molecular formula is C21H23ClN4O4. The number of ether oxygens (including phenoxy) is 1. The lowest BCUT2D eigenvalue weighted by atomic mass is 10.1. The summed E-state index contributed by atoms with van der Waals surface area (Å²) in [4.78, 5) is 39.1. The molecule has 0 radical (unpaired) electrons. The molecule has 0 unspecified atom stereocenters. The van der Waals surface area contributed by atoms with Gasteiger partial charge in [-0.1, -0.05) is 29.8 Å². The molecule has 0 aliphatic carbocycles. The van der Waals surface area contributed by atoms with E-state index in [0.29, 0.717) is 36.8 Å². The van der Waals surface area contributed by atoms with Crippen molar-refractivity contribution in [2.45, 2.75) is 6.54 Å². The van der Waals surface area contributed by atoms with Gasteiger partial charge in [-0.2, -0.15) is 0 Å². The molecular weight excluding hydrogens is 408 g/mol. The zero-order chi connectivity index (χ0) is 21.5. The number of benzene rings is 2. The lowest BCUT2D eigenvalue weighted by molar-refractivity contribution is -0.134. The molecule has 0 spiro atoms. The van der Waals surface area contributed by atoms with Gasteiger partial charge in [0.15, 0.2) is 6.61 Å². The molecule has 1 aliphatic heterocycles. The van der Waals surface area contributed by atoms with Crippen molar-refractivity contribution in [2.75, 3.05) is 37.7 Å². The fourth-order valence-corrected chi connectivity index (χ4v) is 3.32. The molecule has 158 valence electrons. The Morgan fingerprint density at radius 1 is 1.03 bits per heavy atom. The van der Waals surface area contributed by atoms with E-state index in [1.165, 1.54) is 0 Å². The summed E-state index contributed by atoms with van der Waals surface area (Å²) in [5.41, 5.74) is 7.17. The molecule has 2 aromatic carbocycles. The second-order valence-corrected chi connectivity index (χ2v) is 7.28. The molecule has 3 rings (SSSR count). The third kappa shape index (κ3) is 5.87. The molecule has 1 heterocycles. The van der Waals surface area contributed by atoms with Gasteiger partial charge in [-0.25, -0.2) is 9.59 Å². The second kappa shape index (κ2) is 9.98. The minimum absolute atomic E-state index is 0.226. The number of halogens is 1. The predicted molar refractivity (Wildman–Crippen MR) is 113 cm³/mol. The van der Waals surface area contributed by atoms with Crippen molar-refractivity contribution in [3.63, 3.8) is 0 Å². The van der Waals surface area contributed by atoms with Crippen LogP contribution < -0.4 is 16.0 Å². The lowest BCUT2D eigenvalue weighted by Crippen LogP contribution is -2.49. The number of nitrogens with two attached hydrogens (primary N) is 1. The van der Waals surface area contributed by atoms with Gasteiger partial charge in [-0.05, 0) is 35.9 Å². The first-order valence-electron chi connectivity index (χ1n) is 9.50. The van der Waals surface area contributed by atoms with Crippen molar-refractivity contribution in [1.82, 2.24) is 10.2 Å². The van der Waals surface area contributed by atoms with Crippen LogP contribution in [0, 0.1) is 0 Å². The summed E-state index contributed by atoms with van der Waals surface area (Å²) in [5, 5.41) is 3.14. The zero-order valence-electron chi connectivity index (χ0n) is 16.3. The highest BCUT2D eigenvalue weighted by molar-refractivity contribution is 6.30. The molecule has 9 heteroatoms. The Bertz CT molecular complexity index is 911. The van der Waals surface area contributed by atoms with Crippen molar-refractivity contribution >= 4 is 35.2 Å². The van der Waals surface area contributed by atoms with Crippen LogP contribution in [0.5, 0.6) is 0 Å². The maximum Gasteiger partial charge on any atom is 0.338 e. The highest BCUT2D eigenvalue weighted by atomic mass is 35.5. The number of carbonyl (C=O) groups is 3. The van der Waals surface area contributed by atoms with Gasteiger partial charge in [0.1, 0.15) is 0 Å². The van der Waals surface area contributed by atoms with Crippen LogP contribution in [-0.4, -0.2) is 55.6 Å². The van der Waals surface area contributed by atoms with Crippen molar-refractivity contribution in [3.8, 4) is 0 Å². The third-order valence-corrected chi connectivity index (χ3v) is 5.02. The maximum absolute atomic E-state index is 12.4. The minimum Gasteiger partial charge on any atom is -0.452 e. The van der Waals surface area contributed by atoms with Crippen LogP contribution in [0.2, 0.25) is 5.02 Å². The highest BCUT2D eigenvalue weighted by Gasteiger charge is 2.22. The van der Waals surface area contributed by atoms with E-state index in [4.69, 9.17) is 22.1 Å². The fraction of sp³-hybridized carbons (Fsp3) is 0.286. The van der Waals surface area contributed by atoms with E-state index in [9.17, 15) is 14.4 Å². The van der Waals surface area contributed by atoms with Gasteiger partial charge in [0, 0.05) is 43.4 Å². The number of urea groups is 1. The largest absolute Gasteiger partial charge is 0.452 e. The zero-order valence-corrected chi connectivity index (χ0v) is 17.1. The normalized spacial score (nSPS) is 13.6. The third-order valence-electron chi connectivity index (χ3n) is 4.79. The van der Waals surface area contributed by atoms with Gasteiger partial charge >= 0.3 is 12.0 Å². The van der Waals surface area contributed by atoms with Gasteiger partial charge in [-0.15, -0.1) is 0 Å². The Morgan fingerprint density at radius 2 is 1.73 bits per heavy atom. The van der Waals surface area contributed by atoms with Gasteiger partial charge in [0.05, 0.1) is 5.56 Å². The standard InChI is InChI=1S/C21H23ClN4O4/c22-17-2-1-3-18(12-17)25-8-10-26(11-9-25)19(27)14-30-20(28)16-6-4-15(5-7-16)13-24-21(23)29/h1-7,12H,8-11,13-14H2,(H3,23,24,29). The van der Waals surface area contributed by atoms with Gasteiger partial charge in [0.2, 0.25) is 0 Å². The molecule has 0 bridgehead atoms. The summed E-state index contributed by atoms with van der Waals surface area (Å²) in [6.07, 6.45) is 0. The smallest absolute Gasteiger partial charge is 0.338 e. The van der Waals surface area contributed by atoms with Gasteiger partial charge < -0.3 is 25.6 Å². The van der Waals surface area contributed by atoms with Crippen LogP contribution >= 0.6 is 11.6 Å². The summed E-state index contributed by atoms with van der Waals surface area (Å²) in [7, 11) is 0. The summed E-state index contributed by atoms with van der Waals surface area (Å²) in [6.45, 7) is 2.42. The summed E-state index contributed by atoms with van der Waals surface area (Å²) in [5.74, 6) is -0.799. The van der Waals surface area contributed by atoms with Crippen LogP contribution in [0.4, 0.5) is 10.5 Å². The van der Waals surface area contributed by atoms with Crippen molar-refractivity contribution in [1.29, 1.82) is 0 Å². The summed E-state index contributed by atoms with van der Waals surface area (Å²) < 4.78 is 5.16. The number of piperazine rings is 1. The van der Waals surface area contributed by atoms with Crippen LogP contribution in [0.25, 0.3) is 0 Å². The molecule has 0 atom stereocenters. The monoisotopic (exact) mass is 430 g/mol. The van der Waals surface area contributed by atoms with Crippen molar-refractivity contribution in [3.05, 3.63) is 64.7 Å². The number of hydrogen-bond donors (Lipinski definition) is 2. The number of primary amides is 1. The number of nitrogens with zero attached hydrogens (tertiary/aromatic N) is 2.